The lowest BCUT2D eigenvalue weighted by molar-refractivity contribution is 0.796. The van der Waals surface area contributed by atoms with E-state index in [4.69, 9.17) is 0 Å². The molecule has 0 aliphatic carbocycles. The monoisotopic (exact) mass is 401 g/mol. The van der Waals surface area contributed by atoms with E-state index in [1.807, 2.05) is 12.1 Å². The Labute approximate surface area is 176 Å². The Morgan fingerprint density at radius 2 is 2.00 bits per heavy atom. The summed E-state index contributed by atoms with van der Waals surface area (Å²) in [5, 5.41) is 14.9. The predicted molar refractivity (Wildman–Crippen MR) is 121 cm³/mol. The highest BCUT2D eigenvalue weighted by Gasteiger charge is 2.07. The van der Waals surface area contributed by atoms with Crippen molar-refractivity contribution in [3.63, 3.8) is 0 Å². The SMILES string of the molecule is CCc1cccc2c(CCNC(=NC)NCc3cccc(-c4ncn[nH]4)c3)c[nH]c12. The van der Waals surface area contributed by atoms with Gasteiger partial charge in [-0.15, -0.1) is 0 Å². The van der Waals surface area contributed by atoms with Crippen LogP contribution < -0.4 is 10.6 Å². The number of benzene rings is 2. The van der Waals surface area contributed by atoms with Gasteiger partial charge in [0.05, 0.1) is 0 Å². The minimum atomic E-state index is 0.675. The van der Waals surface area contributed by atoms with Crippen molar-refractivity contribution < 1.29 is 0 Å². The van der Waals surface area contributed by atoms with E-state index in [1.54, 1.807) is 7.05 Å². The highest BCUT2D eigenvalue weighted by Crippen LogP contribution is 2.22. The van der Waals surface area contributed by atoms with Crippen molar-refractivity contribution in [3.8, 4) is 11.4 Å². The second-order valence-corrected chi connectivity index (χ2v) is 7.14. The van der Waals surface area contributed by atoms with E-state index in [2.05, 4.69) is 79.2 Å². The highest BCUT2D eigenvalue weighted by molar-refractivity contribution is 5.86. The van der Waals surface area contributed by atoms with Gasteiger partial charge in [0.2, 0.25) is 0 Å². The average molecular weight is 402 g/mol. The molecule has 2 aromatic heterocycles. The molecule has 0 saturated carbocycles. The zero-order valence-electron chi connectivity index (χ0n) is 17.4. The average Bonchev–Trinajstić information content (AvgIpc) is 3.46. The molecule has 4 aromatic rings. The van der Waals surface area contributed by atoms with Crippen molar-refractivity contribution in [2.75, 3.05) is 13.6 Å². The van der Waals surface area contributed by atoms with Gasteiger partial charge in [-0.2, -0.15) is 5.10 Å². The molecule has 0 aliphatic rings. The van der Waals surface area contributed by atoms with E-state index in [-0.39, 0.29) is 0 Å². The highest BCUT2D eigenvalue weighted by atomic mass is 15.2. The van der Waals surface area contributed by atoms with E-state index >= 15 is 0 Å². The number of H-pyrrole nitrogens is 2. The molecule has 0 aliphatic heterocycles. The van der Waals surface area contributed by atoms with Gasteiger partial charge in [-0.05, 0) is 35.6 Å². The van der Waals surface area contributed by atoms with Gasteiger partial charge < -0.3 is 15.6 Å². The summed E-state index contributed by atoms with van der Waals surface area (Å²) in [6.07, 6.45) is 5.60. The van der Waals surface area contributed by atoms with Crippen LogP contribution in [0.3, 0.4) is 0 Å². The van der Waals surface area contributed by atoms with Crippen LogP contribution in [0.15, 0.2) is 60.0 Å². The number of aromatic amines is 2. The normalized spacial score (nSPS) is 11.7. The van der Waals surface area contributed by atoms with Gasteiger partial charge in [0.15, 0.2) is 11.8 Å². The Bertz CT molecular complexity index is 1130. The van der Waals surface area contributed by atoms with Crippen molar-refractivity contribution >= 4 is 16.9 Å². The maximum atomic E-state index is 4.34. The smallest absolute Gasteiger partial charge is 0.191 e. The first-order valence-corrected chi connectivity index (χ1v) is 10.3. The van der Waals surface area contributed by atoms with E-state index in [0.717, 1.165) is 42.3 Å². The van der Waals surface area contributed by atoms with Crippen LogP contribution in [0.5, 0.6) is 0 Å². The molecule has 0 saturated heterocycles. The largest absolute Gasteiger partial charge is 0.361 e. The number of aromatic nitrogens is 4. The zero-order valence-corrected chi connectivity index (χ0v) is 17.4. The molecule has 0 amide bonds. The number of hydrogen-bond donors (Lipinski definition) is 4. The maximum Gasteiger partial charge on any atom is 0.191 e. The van der Waals surface area contributed by atoms with Gasteiger partial charge >= 0.3 is 0 Å². The molecule has 4 N–H and O–H groups in total. The van der Waals surface area contributed by atoms with Gasteiger partial charge in [0, 0.05) is 42.8 Å². The summed E-state index contributed by atoms with van der Waals surface area (Å²) < 4.78 is 0. The van der Waals surface area contributed by atoms with Crippen LogP contribution in [-0.4, -0.2) is 39.7 Å². The first kappa shape index (κ1) is 19.7. The van der Waals surface area contributed by atoms with Crippen LogP contribution >= 0.6 is 0 Å². The molecule has 4 rings (SSSR count). The summed E-state index contributed by atoms with van der Waals surface area (Å²) in [5.41, 5.74) is 6.10. The molecule has 7 heteroatoms. The molecule has 0 atom stereocenters. The number of nitrogens with one attached hydrogen (secondary N) is 4. The molecule has 2 heterocycles. The first-order valence-electron chi connectivity index (χ1n) is 10.3. The second kappa shape index (κ2) is 9.26. The Morgan fingerprint density at radius 1 is 1.10 bits per heavy atom. The van der Waals surface area contributed by atoms with E-state index < -0.39 is 0 Å². The molecular weight excluding hydrogens is 374 g/mol. The number of para-hydroxylation sites is 1. The van der Waals surface area contributed by atoms with Crippen LogP contribution in [0.25, 0.3) is 22.3 Å². The van der Waals surface area contributed by atoms with Gasteiger partial charge in [-0.1, -0.05) is 43.3 Å². The van der Waals surface area contributed by atoms with Crippen molar-refractivity contribution in [2.24, 2.45) is 4.99 Å². The van der Waals surface area contributed by atoms with E-state index in [1.165, 1.54) is 28.4 Å². The lowest BCUT2D eigenvalue weighted by Crippen LogP contribution is -2.37. The molecular formula is C23H27N7. The van der Waals surface area contributed by atoms with Crippen LogP contribution in [0, 0.1) is 0 Å². The molecule has 0 spiro atoms. The fourth-order valence-corrected chi connectivity index (χ4v) is 3.67. The Kier molecular flexibility index (Phi) is 6.08. The summed E-state index contributed by atoms with van der Waals surface area (Å²) in [5.74, 6) is 1.55. The summed E-state index contributed by atoms with van der Waals surface area (Å²) in [7, 11) is 1.79. The van der Waals surface area contributed by atoms with Gasteiger partial charge in [-0.25, -0.2) is 4.98 Å². The fraction of sp³-hybridized carbons (Fsp3) is 0.261. The van der Waals surface area contributed by atoms with Gasteiger partial charge in [0.1, 0.15) is 6.33 Å². The lowest BCUT2D eigenvalue weighted by Gasteiger charge is -2.12. The summed E-state index contributed by atoms with van der Waals surface area (Å²) >= 11 is 0. The minimum absolute atomic E-state index is 0.675. The third kappa shape index (κ3) is 4.35. The van der Waals surface area contributed by atoms with Crippen LogP contribution in [0.2, 0.25) is 0 Å². The first-order chi connectivity index (χ1) is 14.8. The predicted octanol–water partition coefficient (Wildman–Crippen LogP) is 3.42. The number of rotatable bonds is 7. The molecule has 154 valence electrons. The molecule has 30 heavy (non-hydrogen) atoms. The van der Waals surface area contributed by atoms with E-state index in [9.17, 15) is 0 Å². The summed E-state index contributed by atoms with van der Waals surface area (Å²) in [4.78, 5) is 12.0. The maximum absolute atomic E-state index is 4.34. The third-order valence-corrected chi connectivity index (χ3v) is 5.25. The minimum Gasteiger partial charge on any atom is -0.361 e. The van der Waals surface area contributed by atoms with Gasteiger partial charge in [0.25, 0.3) is 0 Å². The van der Waals surface area contributed by atoms with Gasteiger partial charge in [-0.3, -0.25) is 10.1 Å². The van der Waals surface area contributed by atoms with Crippen molar-refractivity contribution in [2.45, 2.75) is 26.3 Å². The van der Waals surface area contributed by atoms with Crippen LogP contribution in [0.1, 0.15) is 23.6 Å². The number of aryl methyl sites for hydroxylation is 1. The number of nitrogens with zero attached hydrogens (tertiary/aromatic N) is 3. The number of hydrogen-bond acceptors (Lipinski definition) is 3. The Hall–Kier alpha value is -3.61. The molecule has 0 fully saturated rings. The molecule has 2 aromatic carbocycles. The van der Waals surface area contributed by atoms with Crippen molar-refractivity contribution in [1.29, 1.82) is 0 Å². The summed E-state index contributed by atoms with van der Waals surface area (Å²) in [6, 6.07) is 14.7. The summed E-state index contributed by atoms with van der Waals surface area (Å²) in [6.45, 7) is 3.67. The molecule has 0 unspecified atom stereocenters. The number of fused-ring (bicyclic) bond motifs is 1. The topological polar surface area (TPSA) is 93.8 Å². The Morgan fingerprint density at radius 3 is 2.80 bits per heavy atom. The molecule has 0 radical (unpaired) electrons. The molecule has 7 nitrogen and oxygen atoms in total. The van der Waals surface area contributed by atoms with Crippen LogP contribution in [0.4, 0.5) is 0 Å². The van der Waals surface area contributed by atoms with Crippen molar-refractivity contribution in [3.05, 3.63) is 71.7 Å². The third-order valence-electron chi connectivity index (χ3n) is 5.25. The lowest BCUT2D eigenvalue weighted by atomic mass is 10.1. The molecule has 0 bridgehead atoms. The van der Waals surface area contributed by atoms with E-state index in [0.29, 0.717) is 6.54 Å². The number of guanidine groups is 1. The number of aliphatic imine (C=N–C) groups is 1. The standard InChI is InChI=1S/C23H27N7/c1-3-17-7-5-9-20-19(14-26-21(17)20)10-11-25-23(24-2)27-13-16-6-4-8-18(12-16)22-28-15-29-30-22/h4-9,12,14-15,26H,3,10-11,13H2,1-2H3,(H2,24,25,27)(H,28,29,30). The van der Waals surface area contributed by atoms with Crippen LogP contribution in [-0.2, 0) is 19.4 Å². The second-order valence-electron chi connectivity index (χ2n) is 7.14. The Balaban J connectivity index is 1.32. The zero-order chi connectivity index (χ0) is 20.8. The quantitative estimate of drug-likeness (QED) is 0.282. The fourth-order valence-electron chi connectivity index (χ4n) is 3.67. The van der Waals surface area contributed by atoms with Crippen molar-refractivity contribution in [1.82, 2.24) is 30.8 Å².